The van der Waals surface area contributed by atoms with E-state index < -0.39 is 5.41 Å². The van der Waals surface area contributed by atoms with Gasteiger partial charge in [0.25, 0.3) is 0 Å². The Bertz CT molecular complexity index is 1550. The van der Waals surface area contributed by atoms with E-state index in [1.807, 2.05) is 42.5 Å². The maximum absolute atomic E-state index is 14.4. The molecule has 2 nitrogen and oxygen atoms in total. The van der Waals surface area contributed by atoms with Crippen LogP contribution in [-0.2, 0) is 0 Å². The third-order valence-corrected chi connectivity index (χ3v) is 8.65. The van der Waals surface area contributed by atoms with Crippen LogP contribution >= 0.6 is 0 Å². The number of benzene rings is 4. The van der Waals surface area contributed by atoms with Crippen LogP contribution in [0, 0.1) is 34.5 Å². The molecule has 176 valence electrons. The molecule has 0 aromatic heterocycles. The van der Waals surface area contributed by atoms with E-state index in [-0.39, 0.29) is 29.5 Å². The van der Waals surface area contributed by atoms with Gasteiger partial charge in [0.2, 0.25) is 0 Å². The molecule has 2 saturated carbocycles. The minimum Gasteiger partial charge on any atom is -0.293 e. The quantitative estimate of drug-likeness (QED) is 0.222. The lowest BCUT2D eigenvalue weighted by Crippen LogP contribution is -2.30. The van der Waals surface area contributed by atoms with E-state index in [0.29, 0.717) is 5.56 Å². The maximum atomic E-state index is 14.4. The number of nitrogens with zero attached hydrogens (tertiary/aromatic N) is 1. The van der Waals surface area contributed by atoms with Gasteiger partial charge in [-0.3, -0.25) is 4.79 Å². The maximum Gasteiger partial charge on any atom is 0.170 e. The van der Waals surface area contributed by atoms with Crippen molar-refractivity contribution in [2.24, 2.45) is 23.2 Å². The van der Waals surface area contributed by atoms with Crippen LogP contribution < -0.4 is 0 Å². The Balaban J connectivity index is 1.49. The van der Waals surface area contributed by atoms with Gasteiger partial charge in [0.15, 0.2) is 5.78 Å². The molecule has 0 radical (unpaired) electrons. The first-order valence-electron chi connectivity index (χ1n) is 12.9. The van der Waals surface area contributed by atoms with E-state index in [1.165, 1.54) is 22.3 Å². The highest BCUT2D eigenvalue weighted by Crippen LogP contribution is 2.82. The monoisotopic (exact) mass is 475 g/mol. The van der Waals surface area contributed by atoms with Crippen molar-refractivity contribution in [2.75, 3.05) is 0 Å². The van der Waals surface area contributed by atoms with Gasteiger partial charge >= 0.3 is 0 Å². The lowest BCUT2D eigenvalue weighted by atomic mass is 9.68. The molecule has 0 amide bonds. The summed E-state index contributed by atoms with van der Waals surface area (Å²) in [6.45, 7) is 0. The first-order valence-corrected chi connectivity index (χ1v) is 12.9. The molecule has 5 atom stereocenters. The molecule has 0 aliphatic heterocycles. The van der Waals surface area contributed by atoms with Crippen LogP contribution in [0.5, 0.6) is 0 Å². The molecule has 2 heteroatoms. The third-order valence-electron chi connectivity index (χ3n) is 8.65. The molecule has 4 aliphatic carbocycles. The number of hydrogen-bond donors (Lipinski definition) is 0. The van der Waals surface area contributed by atoms with E-state index >= 15 is 0 Å². The lowest BCUT2D eigenvalue weighted by molar-refractivity contribution is 0.0859. The molecular weight excluding hydrogens is 450 g/mol. The second-order valence-corrected chi connectivity index (χ2v) is 10.3. The van der Waals surface area contributed by atoms with Crippen molar-refractivity contribution in [3.63, 3.8) is 0 Å². The molecule has 0 heterocycles. The average Bonchev–Trinajstić information content (AvgIpc) is 3.59. The SMILES string of the molecule is N#Cc1ccc([C@@H]2[C@@H]3C=C[C@H]4C(C3=C(c3ccccc3)c3ccccc3)[C@]24C(=O)c2ccccc2)cc1. The van der Waals surface area contributed by atoms with Crippen molar-refractivity contribution in [1.29, 1.82) is 5.26 Å². The highest BCUT2D eigenvalue weighted by molar-refractivity contribution is 6.07. The Morgan fingerprint density at radius 1 is 0.649 bits per heavy atom. The normalized spacial score (nSPS) is 26.4. The first kappa shape index (κ1) is 21.8. The molecule has 0 N–H and O–H groups in total. The lowest BCUT2D eigenvalue weighted by Gasteiger charge is -2.33. The summed E-state index contributed by atoms with van der Waals surface area (Å²) in [5, 5.41) is 9.39. The first-order chi connectivity index (χ1) is 18.2. The van der Waals surface area contributed by atoms with Crippen LogP contribution in [0.25, 0.3) is 5.57 Å². The van der Waals surface area contributed by atoms with Crippen molar-refractivity contribution in [3.05, 3.63) is 161 Å². The summed E-state index contributed by atoms with van der Waals surface area (Å²) in [6.07, 6.45) is 4.64. The molecule has 2 fully saturated rings. The molecule has 4 aromatic carbocycles. The molecule has 4 bridgehead atoms. The number of Topliss-reactive ketones (excluding diaryl/α,β-unsaturated/α-hetero) is 1. The smallest absolute Gasteiger partial charge is 0.170 e. The van der Waals surface area contributed by atoms with Crippen molar-refractivity contribution in [3.8, 4) is 6.07 Å². The topological polar surface area (TPSA) is 40.9 Å². The zero-order chi connectivity index (χ0) is 25.0. The number of carbonyl (C=O) groups excluding carboxylic acids is 1. The van der Waals surface area contributed by atoms with Crippen molar-refractivity contribution in [1.82, 2.24) is 0 Å². The highest BCUT2D eigenvalue weighted by atomic mass is 16.1. The van der Waals surface area contributed by atoms with E-state index in [1.54, 1.807) is 0 Å². The Hall–Kier alpha value is -4.48. The highest BCUT2D eigenvalue weighted by Gasteiger charge is 2.80. The summed E-state index contributed by atoms with van der Waals surface area (Å²) >= 11 is 0. The van der Waals surface area contributed by atoms with Crippen molar-refractivity contribution >= 4 is 11.4 Å². The third kappa shape index (κ3) is 3.07. The van der Waals surface area contributed by atoms with E-state index in [0.717, 1.165) is 11.1 Å². The Labute approximate surface area is 217 Å². The molecule has 37 heavy (non-hydrogen) atoms. The average molecular weight is 476 g/mol. The van der Waals surface area contributed by atoms with Gasteiger partial charge in [-0.15, -0.1) is 0 Å². The van der Waals surface area contributed by atoms with Crippen LogP contribution in [0.4, 0.5) is 0 Å². The Morgan fingerprint density at radius 2 is 1.19 bits per heavy atom. The fourth-order valence-electron chi connectivity index (χ4n) is 7.25. The second kappa shape index (κ2) is 8.29. The Kier molecular flexibility index (Phi) is 4.88. The summed E-state index contributed by atoms with van der Waals surface area (Å²) in [7, 11) is 0. The Morgan fingerprint density at radius 3 is 1.73 bits per heavy atom. The number of hydrogen-bond acceptors (Lipinski definition) is 2. The number of rotatable bonds is 5. The molecule has 0 saturated heterocycles. The summed E-state index contributed by atoms with van der Waals surface area (Å²) in [5.41, 5.74) is 7.08. The van der Waals surface area contributed by atoms with E-state index in [9.17, 15) is 10.1 Å². The number of carbonyl (C=O) groups is 1. The van der Waals surface area contributed by atoms with Gasteiger partial charge in [0, 0.05) is 23.3 Å². The largest absolute Gasteiger partial charge is 0.293 e. The van der Waals surface area contributed by atoms with E-state index in [4.69, 9.17) is 0 Å². The van der Waals surface area contributed by atoms with Gasteiger partial charge in [0.1, 0.15) is 0 Å². The zero-order valence-electron chi connectivity index (χ0n) is 20.3. The fourth-order valence-corrected chi connectivity index (χ4v) is 7.25. The number of allylic oxidation sites excluding steroid dienone is 3. The number of nitriles is 1. The van der Waals surface area contributed by atoms with Crippen molar-refractivity contribution in [2.45, 2.75) is 5.92 Å². The molecular formula is C35H25NO. The molecule has 4 aliphatic rings. The summed E-state index contributed by atoms with van der Waals surface area (Å²) < 4.78 is 0. The summed E-state index contributed by atoms with van der Waals surface area (Å²) in [5.74, 6) is 0.716. The van der Waals surface area contributed by atoms with Crippen LogP contribution in [0.3, 0.4) is 0 Å². The number of ketones is 1. The molecule has 0 spiro atoms. The van der Waals surface area contributed by atoms with Crippen LogP contribution in [0.2, 0.25) is 0 Å². The van der Waals surface area contributed by atoms with Gasteiger partial charge < -0.3 is 0 Å². The molecule has 4 aromatic rings. The minimum absolute atomic E-state index is 0.0328. The van der Waals surface area contributed by atoms with Crippen LogP contribution in [0.15, 0.2) is 133 Å². The van der Waals surface area contributed by atoms with Gasteiger partial charge in [-0.1, -0.05) is 115 Å². The zero-order valence-corrected chi connectivity index (χ0v) is 20.3. The van der Waals surface area contributed by atoms with Gasteiger partial charge in [-0.05, 0) is 45.9 Å². The van der Waals surface area contributed by atoms with Crippen LogP contribution in [0.1, 0.15) is 38.5 Å². The van der Waals surface area contributed by atoms with Gasteiger partial charge in [-0.2, -0.15) is 5.26 Å². The van der Waals surface area contributed by atoms with Gasteiger partial charge in [-0.25, -0.2) is 0 Å². The predicted molar refractivity (Wildman–Crippen MR) is 146 cm³/mol. The van der Waals surface area contributed by atoms with Crippen molar-refractivity contribution < 1.29 is 4.79 Å². The minimum atomic E-state index is -0.501. The van der Waals surface area contributed by atoms with Crippen LogP contribution in [-0.4, -0.2) is 5.78 Å². The summed E-state index contributed by atoms with van der Waals surface area (Å²) in [4.78, 5) is 14.4. The fraction of sp³-hybridized carbons (Fsp3) is 0.143. The van der Waals surface area contributed by atoms with E-state index in [2.05, 4.69) is 91.0 Å². The second-order valence-electron chi connectivity index (χ2n) is 10.3. The van der Waals surface area contributed by atoms with Gasteiger partial charge in [0.05, 0.1) is 17.0 Å². The summed E-state index contributed by atoms with van der Waals surface area (Å²) in [6, 6.07) is 41.2. The predicted octanol–water partition coefficient (Wildman–Crippen LogP) is 7.46. The molecule has 8 rings (SSSR count). The molecule has 1 unspecified atom stereocenters. The standard InChI is InChI=1S/C35H25NO/c36-22-23-16-18-26(19-17-23)32-28-20-21-29-33(35(29,32)34(37)27-14-8-3-9-15-27)31(28)30(24-10-4-1-5-11-24)25-12-6-2-7-13-25/h1-21,28-29,32-33H/t28-,29+,32-,33?,35-/m1/s1.